The molecule has 0 radical (unpaired) electrons. The molecule has 1 N–H and O–H groups in total. The first-order valence-corrected chi connectivity index (χ1v) is 8.18. The van der Waals surface area contributed by atoms with Gasteiger partial charge in [-0.15, -0.1) is 0 Å². The number of benzene rings is 1. The molecule has 0 aliphatic heterocycles. The maximum atomic E-state index is 12.5. The van der Waals surface area contributed by atoms with Gasteiger partial charge in [-0.25, -0.2) is 0 Å². The van der Waals surface area contributed by atoms with Gasteiger partial charge in [-0.3, -0.25) is 9.59 Å². The number of carbonyl (C=O) groups is 2. The maximum Gasteiger partial charge on any atom is 0.272 e. The van der Waals surface area contributed by atoms with Crippen molar-refractivity contribution in [2.75, 3.05) is 12.4 Å². The van der Waals surface area contributed by atoms with E-state index in [2.05, 4.69) is 21.2 Å². The average Bonchev–Trinajstić information content (AvgIpc) is 2.90. The van der Waals surface area contributed by atoms with Gasteiger partial charge in [-0.1, -0.05) is 18.2 Å². The molecular weight excluding hydrogens is 358 g/mol. The van der Waals surface area contributed by atoms with E-state index in [1.807, 2.05) is 42.0 Å². The summed E-state index contributed by atoms with van der Waals surface area (Å²) in [5.74, 6) is -0.189. The quantitative estimate of drug-likeness (QED) is 0.866. The first kappa shape index (κ1) is 17.3. The lowest BCUT2D eigenvalue weighted by Crippen LogP contribution is -2.24. The van der Waals surface area contributed by atoms with Crippen LogP contribution in [0, 0.1) is 0 Å². The molecule has 122 valence electrons. The fourth-order valence-electron chi connectivity index (χ4n) is 2.26. The summed E-state index contributed by atoms with van der Waals surface area (Å²) in [6.07, 6.45) is 1.88. The SMILES string of the molecule is CCn1cc(Br)cc1C(=O)Nc1ccccc1CN(C)C(C)=O. The maximum absolute atomic E-state index is 12.5. The van der Waals surface area contributed by atoms with Gasteiger partial charge in [0.25, 0.3) is 5.91 Å². The Morgan fingerprint density at radius 1 is 1.30 bits per heavy atom. The second kappa shape index (κ2) is 7.46. The molecule has 0 atom stereocenters. The molecule has 6 heteroatoms. The smallest absolute Gasteiger partial charge is 0.272 e. The minimum atomic E-state index is -0.171. The van der Waals surface area contributed by atoms with E-state index in [4.69, 9.17) is 0 Å². The molecule has 2 aromatic rings. The Hall–Kier alpha value is -2.08. The Labute approximate surface area is 144 Å². The number of para-hydroxylation sites is 1. The summed E-state index contributed by atoms with van der Waals surface area (Å²) in [6.45, 7) is 4.67. The Morgan fingerprint density at radius 2 is 2.00 bits per heavy atom. The Kier molecular flexibility index (Phi) is 5.60. The third-order valence-electron chi connectivity index (χ3n) is 3.65. The van der Waals surface area contributed by atoms with Crippen LogP contribution < -0.4 is 5.32 Å². The van der Waals surface area contributed by atoms with Crippen molar-refractivity contribution in [2.45, 2.75) is 26.9 Å². The van der Waals surface area contributed by atoms with Crippen LogP contribution in [0.5, 0.6) is 0 Å². The number of anilines is 1. The van der Waals surface area contributed by atoms with E-state index in [1.54, 1.807) is 18.0 Å². The predicted octanol–water partition coefficient (Wildman–Crippen LogP) is 3.50. The lowest BCUT2D eigenvalue weighted by atomic mass is 10.1. The Morgan fingerprint density at radius 3 is 2.65 bits per heavy atom. The van der Waals surface area contributed by atoms with Gasteiger partial charge in [0.05, 0.1) is 0 Å². The zero-order valence-corrected chi connectivity index (χ0v) is 15.1. The van der Waals surface area contributed by atoms with Gasteiger partial charge in [0.2, 0.25) is 5.91 Å². The summed E-state index contributed by atoms with van der Waals surface area (Å²) >= 11 is 3.40. The van der Waals surface area contributed by atoms with E-state index in [1.165, 1.54) is 6.92 Å². The lowest BCUT2D eigenvalue weighted by Gasteiger charge is -2.18. The van der Waals surface area contributed by atoms with Crippen LogP contribution in [0.15, 0.2) is 41.0 Å². The zero-order valence-electron chi connectivity index (χ0n) is 13.5. The molecule has 2 amide bonds. The standard InChI is InChI=1S/C17H20BrN3O2/c1-4-21-11-14(18)9-16(21)17(23)19-15-8-6-5-7-13(15)10-20(3)12(2)22/h5-9,11H,4,10H2,1-3H3,(H,19,23). The van der Waals surface area contributed by atoms with Crippen LogP contribution >= 0.6 is 15.9 Å². The summed E-state index contributed by atoms with van der Waals surface area (Å²) < 4.78 is 2.75. The molecule has 0 saturated heterocycles. The zero-order chi connectivity index (χ0) is 17.0. The van der Waals surface area contributed by atoms with Crippen molar-refractivity contribution in [1.29, 1.82) is 0 Å². The van der Waals surface area contributed by atoms with Gasteiger partial charge in [0, 0.05) is 43.4 Å². The highest BCUT2D eigenvalue weighted by atomic mass is 79.9. The van der Waals surface area contributed by atoms with E-state index in [-0.39, 0.29) is 11.8 Å². The predicted molar refractivity (Wildman–Crippen MR) is 94.3 cm³/mol. The van der Waals surface area contributed by atoms with E-state index >= 15 is 0 Å². The second-order valence-electron chi connectivity index (χ2n) is 5.32. The molecule has 0 saturated carbocycles. The van der Waals surface area contributed by atoms with Crippen molar-refractivity contribution in [2.24, 2.45) is 0 Å². The number of hydrogen-bond acceptors (Lipinski definition) is 2. The molecule has 0 aliphatic carbocycles. The molecule has 23 heavy (non-hydrogen) atoms. The van der Waals surface area contributed by atoms with Crippen molar-refractivity contribution in [3.8, 4) is 0 Å². The number of halogens is 1. The number of aromatic nitrogens is 1. The number of carbonyl (C=O) groups excluding carboxylic acids is 2. The van der Waals surface area contributed by atoms with Crippen LogP contribution in [-0.4, -0.2) is 28.3 Å². The molecule has 0 bridgehead atoms. The van der Waals surface area contributed by atoms with Gasteiger partial charge < -0.3 is 14.8 Å². The monoisotopic (exact) mass is 377 g/mol. The van der Waals surface area contributed by atoms with Crippen molar-refractivity contribution >= 4 is 33.4 Å². The van der Waals surface area contributed by atoms with Gasteiger partial charge in [-0.05, 0) is 40.5 Å². The lowest BCUT2D eigenvalue weighted by molar-refractivity contribution is -0.128. The molecule has 2 rings (SSSR count). The van der Waals surface area contributed by atoms with Gasteiger partial charge >= 0.3 is 0 Å². The normalized spacial score (nSPS) is 10.4. The number of nitrogens with one attached hydrogen (secondary N) is 1. The van der Waals surface area contributed by atoms with Crippen LogP contribution in [0.1, 0.15) is 29.9 Å². The molecule has 5 nitrogen and oxygen atoms in total. The molecule has 1 aromatic carbocycles. The first-order valence-electron chi connectivity index (χ1n) is 7.39. The third-order valence-corrected chi connectivity index (χ3v) is 4.08. The summed E-state index contributed by atoms with van der Waals surface area (Å²) in [6, 6.07) is 9.30. The molecule has 1 aromatic heterocycles. The van der Waals surface area contributed by atoms with Crippen molar-refractivity contribution in [3.05, 3.63) is 52.3 Å². The number of rotatable bonds is 5. The fourth-order valence-corrected chi connectivity index (χ4v) is 2.72. The molecule has 0 aliphatic rings. The minimum absolute atomic E-state index is 0.0186. The van der Waals surface area contributed by atoms with Gasteiger partial charge in [0.15, 0.2) is 0 Å². The summed E-state index contributed by atoms with van der Waals surface area (Å²) in [7, 11) is 1.74. The molecule has 0 spiro atoms. The summed E-state index contributed by atoms with van der Waals surface area (Å²) in [5.41, 5.74) is 2.20. The van der Waals surface area contributed by atoms with Crippen LogP contribution in [0.25, 0.3) is 0 Å². The summed E-state index contributed by atoms with van der Waals surface area (Å²) in [5, 5.41) is 2.94. The Bertz CT molecular complexity index is 724. The summed E-state index contributed by atoms with van der Waals surface area (Å²) in [4.78, 5) is 25.6. The largest absolute Gasteiger partial charge is 0.343 e. The van der Waals surface area contributed by atoms with Crippen molar-refractivity contribution in [3.63, 3.8) is 0 Å². The first-order chi connectivity index (χ1) is 10.9. The van der Waals surface area contributed by atoms with Crippen LogP contribution in [0.3, 0.4) is 0 Å². The highest BCUT2D eigenvalue weighted by Gasteiger charge is 2.15. The van der Waals surface area contributed by atoms with Gasteiger partial charge in [-0.2, -0.15) is 0 Å². The van der Waals surface area contributed by atoms with E-state index in [9.17, 15) is 9.59 Å². The van der Waals surface area contributed by atoms with Crippen LogP contribution in [0.2, 0.25) is 0 Å². The minimum Gasteiger partial charge on any atom is -0.343 e. The van der Waals surface area contributed by atoms with Crippen LogP contribution in [-0.2, 0) is 17.9 Å². The number of aryl methyl sites for hydroxylation is 1. The second-order valence-corrected chi connectivity index (χ2v) is 6.23. The fraction of sp³-hybridized carbons (Fsp3) is 0.294. The van der Waals surface area contributed by atoms with E-state index < -0.39 is 0 Å². The Balaban J connectivity index is 2.22. The molecule has 0 fully saturated rings. The van der Waals surface area contributed by atoms with E-state index in [0.29, 0.717) is 24.5 Å². The van der Waals surface area contributed by atoms with Gasteiger partial charge in [0.1, 0.15) is 5.69 Å². The third kappa shape index (κ3) is 4.22. The van der Waals surface area contributed by atoms with Crippen molar-refractivity contribution in [1.82, 2.24) is 9.47 Å². The van der Waals surface area contributed by atoms with E-state index in [0.717, 1.165) is 10.0 Å². The number of hydrogen-bond donors (Lipinski definition) is 1. The topological polar surface area (TPSA) is 54.3 Å². The number of nitrogens with zero attached hydrogens (tertiary/aromatic N) is 2. The average molecular weight is 378 g/mol. The van der Waals surface area contributed by atoms with Crippen LogP contribution in [0.4, 0.5) is 5.69 Å². The highest BCUT2D eigenvalue weighted by molar-refractivity contribution is 9.10. The molecule has 0 unspecified atom stereocenters. The highest BCUT2D eigenvalue weighted by Crippen LogP contribution is 2.20. The number of amides is 2. The molecular formula is C17H20BrN3O2. The molecule has 1 heterocycles. The van der Waals surface area contributed by atoms with Crippen molar-refractivity contribution < 1.29 is 9.59 Å².